The summed E-state index contributed by atoms with van der Waals surface area (Å²) in [6, 6.07) is 13.8. The molecule has 0 aliphatic carbocycles. The van der Waals surface area contributed by atoms with E-state index in [1.54, 1.807) is 28.8 Å². The van der Waals surface area contributed by atoms with Crippen molar-refractivity contribution in [3.63, 3.8) is 0 Å². The number of hydrogen-bond acceptors (Lipinski definition) is 3. The third kappa shape index (κ3) is 3.99. The predicted molar refractivity (Wildman–Crippen MR) is 142 cm³/mol. The number of aromatic amines is 1. The van der Waals surface area contributed by atoms with Gasteiger partial charge in [0.25, 0.3) is 0 Å². The van der Waals surface area contributed by atoms with Crippen LogP contribution in [0.4, 0.5) is 0 Å². The van der Waals surface area contributed by atoms with E-state index in [4.69, 9.17) is 16.6 Å². The van der Waals surface area contributed by atoms with E-state index in [0.29, 0.717) is 21.7 Å². The maximum absolute atomic E-state index is 14.1. The summed E-state index contributed by atoms with van der Waals surface area (Å²) in [7, 11) is 0. The van der Waals surface area contributed by atoms with Crippen molar-refractivity contribution in [3.8, 4) is 0 Å². The van der Waals surface area contributed by atoms with Gasteiger partial charge < -0.3 is 10.1 Å². The Kier molecular flexibility index (Phi) is 5.96. The Hall–Kier alpha value is -3.84. The number of aryl methyl sites for hydroxylation is 3. The van der Waals surface area contributed by atoms with E-state index in [1.165, 1.54) is 4.57 Å². The van der Waals surface area contributed by atoms with Crippen LogP contribution < -0.4 is 5.69 Å². The maximum atomic E-state index is 14.1. The highest BCUT2D eigenvalue weighted by molar-refractivity contribution is 6.30. The molecule has 2 N–H and O–H groups in total. The Balaban J connectivity index is 1.77. The predicted octanol–water partition coefficient (Wildman–Crippen LogP) is 5.93. The molecule has 3 aromatic heterocycles. The summed E-state index contributed by atoms with van der Waals surface area (Å²) in [4.78, 5) is 34.1. The minimum absolute atomic E-state index is 0.268. The Morgan fingerprint density at radius 1 is 1.08 bits per heavy atom. The van der Waals surface area contributed by atoms with Crippen LogP contribution in [0.2, 0.25) is 5.02 Å². The van der Waals surface area contributed by atoms with Crippen LogP contribution in [-0.4, -0.2) is 30.2 Å². The number of carbonyl (C=O) groups is 1. The van der Waals surface area contributed by atoms with Crippen molar-refractivity contribution in [3.05, 3.63) is 98.2 Å². The van der Waals surface area contributed by atoms with Crippen molar-refractivity contribution in [2.45, 2.75) is 46.2 Å². The number of rotatable bonds is 6. The summed E-state index contributed by atoms with van der Waals surface area (Å²) in [5.74, 6) is -1.01. The third-order valence-corrected chi connectivity index (χ3v) is 7.07. The molecule has 2 unspecified atom stereocenters. The lowest BCUT2D eigenvalue weighted by Crippen LogP contribution is -2.31. The minimum Gasteiger partial charge on any atom is -0.481 e. The lowest BCUT2D eigenvalue weighted by atomic mass is 10.0. The molecule has 2 aromatic carbocycles. The molecule has 36 heavy (non-hydrogen) atoms. The van der Waals surface area contributed by atoms with Crippen molar-refractivity contribution in [2.24, 2.45) is 0 Å². The van der Waals surface area contributed by atoms with Crippen molar-refractivity contribution < 1.29 is 9.90 Å². The van der Waals surface area contributed by atoms with Crippen LogP contribution in [0.25, 0.3) is 22.1 Å². The smallest absolute Gasteiger partial charge is 0.331 e. The number of nitrogens with zero attached hydrogens (tertiary/aromatic N) is 3. The highest BCUT2D eigenvalue weighted by Gasteiger charge is 2.28. The summed E-state index contributed by atoms with van der Waals surface area (Å²) in [6.07, 6.45) is 1.68. The van der Waals surface area contributed by atoms with E-state index in [-0.39, 0.29) is 18.2 Å². The van der Waals surface area contributed by atoms with Crippen molar-refractivity contribution >= 4 is 39.6 Å². The number of fused-ring (bicyclic) bond motifs is 2. The topological polar surface area (TPSA) is 92.9 Å². The molecule has 2 atom stereocenters. The number of pyridine rings is 1. The molecule has 0 bridgehead atoms. The first-order chi connectivity index (χ1) is 17.2. The quantitative estimate of drug-likeness (QED) is 0.301. The van der Waals surface area contributed by atoms with E-state index < -0.39 is 12.0 Å². The number of halogens is 1. The average molecular weight is 503 g/mol. The minimum atomic E-state index is -1.01. The Bertz CT molecular complexity index is 1680. The molecule has 5 aromatic rings. The van der Waals surface area contributed by atoms with E-state index in [1.807, 2.05) is 32.2 Å². The molecule has 0 saturated carbocycles. The molecule has 184 valence electrons. The standard InChI is InChI=1S/C28H27ClN4O3/c1-15-11-16(2)26-21(14-30-22(26)12-15)18(4)32-23-10-5-17(3)31-27(23)33(28(32)36)24(13-25(34)35)19-6-8-20(29)9-7-19/h5-12,14,18,24,30H,13H2,1-4H3,(H,34,35). The van der Waals surface area contributed by atoms with E-state index in [0.717, 1.165) is 33.3 Å². The van der Waals surface area contributed by atoms with E-state index in [9.17, 15) is 14.7 Å². The zero-order valence-corrected chi connectivity index (χ0v) is 21.3. The van der Waals surface area contributed by atoms with Gasteiger partial charge in [0.2, 0.25) is 0 Å². The molecule has 8 heteroatoms. The lowest BCUT2D eigenvalue weighted by molar-refractivity contribution is -0.137. The van der Waals surface area contributed by atoms with Gasteiger partial charge in [-0.05, 0) is 74.7 Å². The van der Waals surface area contributed by atoms with Gasteiger partial charge in [-0.3, -0.25) is 13.9 Å². The van der Waals surface area contributed by atoms with Gasteiger partial charge in [0.15, 0.2) is 5.65 Å². The monoisotopic (exact) mass is 502 g/mol. The van der Waals surface area contributed by atoms with E-state index in [2.05, 4.69) is 31.0 Å². The second kappa shape index (κ2) is 8.99. The molecule has 7 nitrogen and oxygen atoms in total. The number of carboxylic acid groups (broad SMARTS) is 1. The number of carboxylic acids is 1. The first-order valence-electron chi connectivity index (χ1n) is 11.8. The van der Waals surface area contributed by atoms with Gasteiger partial charge in [-0.25, -0.2) is 9.78 Å². The molecule has 0 spiro atoms. The summed E-state index contributed by atoms with van der Waals surface area (Å²) in [5.41, 5.74) is 6.52. The summed E-state index contributed by atoms with van der Waals surface area (Å²) < 4.78 is 3.23. The average Bonchev–Trinajstić information content (AvgIpc) is 3.36. The molecule has 0 radical (unpaired) electrons. The molecule has 3 heterocycles. The van der Waals surface area contributed by atoms with Crippen LogP contribution in [0.5, 0.6) is 0 Å². The first-order valence-corrected chi connectivity index (χ1v) is 12.2. The number of H-pyrrole nitrogens is 1. The fourth-order valence-electron chi connectivity index (χ4n) is 5.24. The van der Waals surface area contributed by atoms with Crippen LogP contribution in [0.1, 0.15) is 53.4 Å². The number of benzene rings is 2. The fourth-order valence-corrected chi connectivity index (χ4v) is 5.36. The molecule has 0 aliphatic heterocycles. The van der Waals surface area contributed by atoms with Crippen LogP contribution in [-0.2, 0) is 4.79 Å². The molecule has 0 fully saturated rings. The van der Waals surface area contributed by atoms with Crippen molar-refractivity contribution in [2.75, 3.05) is 0 Å². The Labute approximate surface area is 213 Å². The van der Waals surface area contributed by atoms with Crippen molar-refractivity contribution in [1.29, 1.82) is 0 Å². The van der Waals surface area contributed by atoms with Gasteiger partial charge in [-0.1, -0.05) is 29.8 Å². The van der Waals surface area contributed by atoms with Gasteiger partial charge in [-0.2, -0.15) is 0 Å². The second-order valence-corrected chi connectivity index (χ2v) is 9.84. The highest BCUT2D eigenvalue weighted by Crippen LogP contribution is 2.33. The van der Waals surface area contributed by atoms with Crippen LogP contribution in [0.3, 0.4) is 0 Å². The molecular weight excluding hydrogens is 476 g/mol. The second-order valence-electron chi connectivity index (χ2n) is 9.41. The van der Waals surface area contributed by atoms with Gasteiger partial charge >= 0.3 is 11.7 Å². The van der Waals surface area contributed by atoms with Crippen LogP contribution in [0.15, 0.2) is 59.5 Å². The molecule has 0 amide bonds. The fraction of sp³-hybridized carbons (Fsp3) is 0.250. The number of hydrogen-bond donors (Lipinski definition) is 2. The molecule has 5 rings (SSSR count). The van der Waals surface area contributed by atoms with Gasteiger partial charge in [0, 0.05) is 33.4 Å². The van der Waals surface area contributed by atoms with Crippen molar-refractivity contribution in [1.82, 2.24) is 19.1 Å². The zero-order chi connectivity index (χ0) is 25.7. The summed E-state index contributed by atoms with van der Waals surface area (Å²) >= 11 is 6.08. The van der Waals surface area contributed by atoms with E-state index >= 15 is 0 Å². The lowest BCUT2D eigenvalue weighted by Gasteiger charge is -2.18. The molecule has 0 aliphatic rings. The third-order valence-electron chi connectivity index (χ3n) is 6.82. The largest absolute Gasteiger partial charge is 0.481 e. The molecular formula is C28H27ClN4O3. The van der Waals surface area contributed by atoms with Gasteiger partial charge in [0.05, 0.1) is 24.0 Å². The number of aromatic nitrogens is 4. The van der Waals surface area contributed by atoms with Gasteiger partial charge in [-0.15, -0.1) is 0 Å². The highest BCUT2D eigenvalue weighted by atomic mass is 35.5. The summed E-state index contributed by atoms with van der Waals surface area (Å²) in [6.45, 7) is 7.97. The summed E-state index contributed by atoms with van der Waals surface area (Å²) in [5, 5.41) is 11.4. The number of nitrogens with one attached hydrogen (secondary N) is 1. The Morgan fingerprint density at radius 2 is 1.81 bits per heavy atom. The number of imidazole rings is 1. The SMILES string of the molecule is Cc1cc(C)c2c(C(C)n3c(=O)n(C(CC(=O)O)c4ccc(Cl)cc4)c4nc(C)ccc43)c[nH]c2c1. The van der Waals surface area contributed by atoms with Crippen LogP contribution in [0, 0.1) is 20.8 Å². The zero-order valence-electron chi connectivity index (χ0n) is 20.5. The normalized spacial score (nSPS) is 13.4. The number of aliphatic carboxylic acids is 1. The Morgan fingerprint density at radius 3 is 2.50 bits per heavy atom. The first kappa shape index (κ1) is 23.9. The molecule has 0 saturated heterocycles. The van der Waals surface area contributed by atoms with Gasteiger partial charge in [0.1, 0.15) is 0 Å². The van der Waals surface area contributed by atoms with Crippen LogP contribution >= 0.6 is 11.6 Å². The maximum Gasteiger partial charge on any atom is 0.331 e.